The molecule has 0 aromatic heterocycles. The molecule has 1 aliphatic carbocycles. The molecule has 1 spiro atoms. The maximum Gasteiger partial charge on any atom is 0.325 e. The third-order valence-corrected chi connectivity index (χ3v) is 4.18. The average Bonchev–Trinajstić information content (AvgIpc) is 2.64. The minimum Gasteiger partial charge on any atom is -0.354 e. The highest BCUT2D eigenvalue weighted by Crippen LogP contribution is 2.33. The molecule has 1 saturated carbocycles. The number of carbonyl (C=O) groups excluding carboxylic acids is 3. The monoisotopic (exact) mass is 296 g/mol. The Kier molecular flexibility index (Phi) is 4.82. The van der Waals surface area contributed by atoms with E-state index in [4.69, 9.17) is 5.73 Å². The van der Waals surface area contributed by atoms with Crippen LogP contribution < -0.4 is 16.4 Å². The largest absolute Gasteiger partial charge is 0.354 e. The second-order valence-corrected chi connectivity index (χ2v) is 6.08. The van der Waals surface area contributed by atoms with Crippen LogP contribution in [0.25, 0.3) is 0 Å². The molecule has 7 nitrogen and oxygen atoms in total. The van der Waals surface area contributed by atoms with Gasteiger partial charge in [0.05, 0.1) is 0 Å². The molecule has 2 aliphatic rings. The molecular formula is C14H24N4O3. The van der Waals surface area contributed by atoms with E-state index in [0.717, 1.165) is 24.2 Å². The summed E-state index contributed by atoms with van der Waals surface area (Å²) in [5.41, 5.74) is 4.84. The number of nitrogens with two attached hydrogens (primary N) is 1. The van der Waals surface area contributed by atoms with E-state index in [9.17, 15) is 14.4 Å². The molecule has 1 saturated heterocycles. The van der Waals surface area contributed by atoms with Crippen molar-refractivity contribution in [2.24, 2.45) is 5.73 Å². The van der Waals surface area contributed by atoms with Crippen LogP contribution in [0.1, 0.15) is 45.4 Å². The van der Waals surface area contributed by atoms with Crippen LogP contribution in [0.4, 0.5) is 4.79 Å². The molecule has 2 rings (SSSR count). The third kappa shape index (κ3) is 3.53. The van der Waals surface area contributed by atoms with Crippen molar-refractivity contribution in [2.75, 3.05) is 13.1 Å². The van der Waals surface area contributed by atoms with E-state index in [1.165, 1.54) is 0 Å². The molecule has 0 radical (unpaired) electrons. The molecule has 1 atom stereocenters. The first-order valence-corrected chi connectivity index (χ1v) is 7.61. The summed E-state index contributed by atoms with van der Waals surface area (Å²) in [6.07, 6.45) is 4.94. The summed E-state index contributed by atoms with van der Waals surface area (Å²) in [5, 5.41) is 5.47. The van der Waals surface area contributed by atoms with E-state index in [0.29, 0.717) is 25.8 Å². The summed E-state index contributed by atoms with van der Waals surface area (Å²) in [6.45, 7) is 2.09. The van der Waals surface area contributed by atoms with E-state index in [2.05, 4.69) is 10.6 Å². The number of urea groups is 1. The minimum absolute atomic E-state index is 0.00697. The SMILES string of the molecule is CC(N)CCNC(=O)CN1C(=O)NC2(CCCCC2)C1=O. The molecule has 118 valence electrons. The molecule has 1 heterocycles. The van der Waals surface area contributed by atoms with Crippen LogP contribution >= 0.6 is 0 Å². The Morgan fingerprint density at radius 3 is 2.67 bits per heavy atom. The van der Waals surface area contributed by atoms with Crippen molar-refractivity contribution in [1.82, 2.24) is 15.5 Å². The number of hydrogen-bond donors (Lipinski definition) is 3. The second kappa shape index (κ2) is 6.43. The van der Waals surface area contributed by atoms with Gasteiger partial charge < -0.3 is 16.4 Å². The molecular weight excluding hydrogens is 272 g/mol. The highest BCUT2D eigenvalue weighted by atomic mass is 16.2. The molecule has 1 unspecified atom stereocenters. The summed E-state index contributed by atoms with van der Waals surface area (Å²) >= 11 is 0. The summed E-state index contributed by atoms with van der Waals surface area (Å²) in [7, 11) is 0. The standard InChI is InChI=1S/C14H24N4O3/c1-10(15)5-8-16-11(19)9-18-12(20)14(17-13(18)21)6-3-2-4-7-14/h10H,2-9,15H2,1H3,(H,16,19)(H,17,21). The van der Waals surface area contributed by atoms with Gasteiger partial charge in [-0.2, -0.15) is 0 Å². The first kappa shape index (κ1) is 15.8. The molecule has 0 aromatic carbocycles. The molecule has 21 heavy (non-hydrogen) atoms. The van der Waals surface area contributed by atoms with Crippen molar-refractivity contribution in [2.45, 2.75) is 57.0 Å². The van der Waals surface area contributed by atoms with Crippen molar-refractivity contribution < 1.29 is 14.4 Å². The quantitative estimate of drug-likeness (QED) is 0.625. The van der Waals surface area contributed by atoms with Gasteiger partial charge >= 0.3 is 6.03 Å². The second-order valence-electron chi connectivity index (χ2n) is 6.08. The number of hydrogen-bond acceptors (Lipinski definition) is 4. The lowest BCUT2D eigenvalue weighted by Crippen LogP contribution is -2.49. The Labute approximate surface area is 124 Å². The summed E-state index contributed by atoms with van der Waals surface area (Å²) in [4.78, 5) is 37.3. The Morgan fingerprint density at radius 2 is 2.05 bits per heavy atom. The fourth-order valence-corrected chi connectivity index (χ4v) is 2.95. The number of nitrogens with one attached hydrogen (secondary N) is 2. The van der Waals surface area contributed by atoms with Crippen LogP contribution in [-0.2, 0) is 9.59 Å². The molecule has 4 amide bonds. The van der Waals surface area contributed by atoms with Gasteiger partial charge in [-0.3, -0.25) is 14.5 Å². The lowest BCUT2D eigenvalue weighted by Gasteiger charge is -2.30. The maximum atomic E-state index is 12.5. The summed E-state index contributed by atoms with van der Waals surface area (Å²) < 4.78 is 0. The molecule has 0 bridgehead atoms. The highest BCUT2D eigenvalue weighted by molar-refractivity contribution is 6.09. The van der Waals surface area contributed by atoms with Crippen molar-refractivity contribution >= 4 is 17.8 Å². The summed E-state index contributed by atoms with van der Waals surface area (Å²) in [6, 6.07) is -0.447. The Balaban J connectivity index is 1.89. The van der Waals surface area contributed by atoms with Gasteiger partial charge in [0, 0.05) is 12.6 Å². The van der Waals surface area contributed by atoms with Crippen molar-refractivity contribution in [3.05, 3.63) is 0 Å². The average molecular weight is 296 g/mol. The van der Waals surface area contributed by atoms with Crippen LogP contribution in [0.2, 0.25) is 0 Å². The Hall–Kier alpha value is -1.63. The van der Waals surface area contributed by atoms with Crippen LogP contribution in [0.3, 0.4) is 0 Å². The number of rotatable bonds is 5. The van der Waals surface area contributed by atoms with E-state index in [1.807, 2.05) is 6.92 Å². The predicted octanol–water partition coefficient (Wildman–Crippen LogP) is 0.0946. The van der Waals surface area contributed by atoms with Crippen LogP contribution in [0.5, 0.6) is 0 Å². The number of amides is 4. The molecule has 2 fully saturated rings. The maximum absolute atomic E-state index is 12.5. The highest BCUT2D eigenvalue weighted by Gasteiger charge is 2.51. The first-order valence-electron chi connectivity index (χ1n) is 7.61. The van der Waals surface area contributed by atoms with E-state index < -0.39 is 11.6 Å². The van der Waals surface area contributed by atoms with E-state index in [-0.39, 0.29) is 24.4 Å². The Morgan fingerprint density at radius 1 is 1.38 bits per heavy atom. The number of carbonyl (C=O) groups is 3. The molecule has 0 aromatic rings. The van der Waals surface area contributed by atoms with Gasteiger partial charge in [-0.05, 0) is 26.2 Å². The van der Waals surface area contributed by atoms with Crippen LogP contribution in [-0.4, -0.2) is 47.4 Å². The number of imide groups is 1. The zero-order valence-electron chi connectivity index (χ0n) is 12.5. The van der Waals surface area contributed by atoms with Crippen LogP contribution in [0.15, 0.2) is 0 Å². The fraction of sp³-hybridized carbons (Fsp3) is 0.786. The van der Waals surface area contributed by atoms with Crippen molar-refractivity contribution in [1.29, 1.82) is 0 Å². The lowest BCUT2D eigenvalue weighted by molar-refractivity contribution is -0.135. The first-order chi connectivity index (χ1) is 9.94. The van der Waals surface area contributed by atoms with Gasteiger partial charge in [0.1, 0.15) is 12.1 Å². The van der Waals surface area contributed by atoms with E-state index in [1.54, 1.807) is 0 Å². The summed E-state index contributed by atoms with van der Waals surface area (Å²) in [5.74, 6) is -0.582. The fourth-order valence-electron chi connectivity index (χ4n) is 2.95. The van der Waals surface area contributed by atoms with E-state index >= 15 is 0 Å². The zero-order valence-corrected chi connectivity index (χ0v) is 12.5. The number of nitrogens with zero attached hydrogens (tertiary/aromatic N) is 1. The van der Waals surface area contributed by atoms with Crippen LogP contribution in [0, 0.1) is 0 Å². The van der Waals surface area contributed by atoms with Gasteiger partial charge in [0.15, 0.2) is 0 Å². The van der Waals surface area contributed by atoms with Crippen molar-refractivity contribution in [3.63, 3.8) is 0 Å². The topological polar surface area (TPSA) is 105 Å². The third-order valence-electron chi connectivity index (χ3n) is 4.18. The Bertz CT molecular complexity index is 430. The predicted molar refractivity (Wildman–Crippen MR) is 77.3 cm³/mol. The van der Waals surface area contributed by atoms with Gasteiger partial charge in [0.25, 0.3) is 5.91 Å². The van der Waals surface area contributed by atoms with Gasteiger partial charge in [-0.15, -0.1) is 0 Å². The van der Waals surface area contributed by atoms with Gasteiger partial charge in [-0.1, -0.05) is 19.3 Å². The molecule has 4 N–H and O–H groups in total. The van der Waals surface area contributed by atoms with Gasteiger partial charge in [-0.25, -0.2) is 4.79 Å². The smallest absolute Gasteiger partial charge is 0.325 e. The van der Waals surface area contributed by atoms with Gasteiger partial charge in [0.2, 0.25) is 5.91 Å². The minimum atomic E-state index is -0.763. The zero-order chi connectivity index (χ0) is 15.5. The van der Waals surface area contributed by atoms with Crippen molar-refractivity contribution in [3.8, 4) is 0 Å². The molecule has 1 aliphatic heterocycles. The normalized spacial score (nSPS) is 22.3. The molecule has 7 heteroatoms. The lowest BCUT2D eigenvalue weighted by atomic mass is 9.82.